The number of aromatic nitrogens is 6. The Balaban J connectivity index is 0.000000193. The molecule has 0 spiro atoms. The highest BCUT2D eigenvalue weighted by Gasteiger charge is 2.22. The quantitative estimate of drug-likeness (QED) is 0.197. The number of hydrogen-bond acceptors (Lipinski definition) is 10. The summed E-state index contributed by atoms with van der Waals surface area (Å²) in [7, 11) is -7.43. The number of carbonyl (C=O) groups excluding carboxylic acids is 1. The van der Waals surface area contributed by atoms with Gasteiger partial charge in [0.1, 0.15) is 21.2 Å². The van der Waals surface area contributed by atoms with E-state index in [4.69, 9.17) is 4.74 Å². The van der Waals surface area contributed by atoms with Gasteiger partial charge in [0.15, 0.2) is 11.3 Å². The van der Waals surface area contributed by atoms with Crippen molar-refractivity contribution in [2.75, 3.05) is 0 Å². The van der Waals surface area contributed by atoms with Gasteiger partial charge in [-0.15, -0.1) is 0 Å². The molecule has 0 aliphatic heterocycles. The largest absolute Gasteiger partial charge is 0.460 e. The summed E-state index contributed by atoms with van der Waals surface area (Å²) in [5, 5.41) is 0. The van der Waals surface area contributed by atoms with E-state index in [0.717, 1.165) is 19.1 Å². The molecule has 15 heteroatoms. The molecule has 6 rings (SSSR count). The van der Waals surface area contributed by atoms with Gasteiger partial charge in [-0.2, -0.15) is 0 Å². The van der Waals surface area contributed by atoms with E-state index >= 15 is 0 Å². The predicted octanol–water partition coefficient (Wildman–Crippen LogP) is 5.60. The first-order valence-corrected chi connectivity index (χ1v) is 17.9. The van der Waals surface area contributed by atoms with Gasteiger partial charge in [0.2, 0.25) is 0 Å². The highest BCUT2D eigenvalue weighted by Crippen LogP contribution is 2.22. The van der Waals surface area contributed by atoms with Crippen molar-refractivity contribution in [1.82, 2.24) is 27.9 Å². The van der Waals surface area contributed by atoms with Crippen LogP contribution in [-0.4, -0.2) is 56.3 Å². The molecule has 47 heavy (non-hydrogen) atoms. The molecular weight excluding hydrogens is 708 g/mol. The Morgan fingerprint density at radius 1 is 0.723 bits per heavy atom. The molecule has 0 radical (unpaired) electrons. The average molecular weight is 740 g/mol. The molecule has 2 aromatic carbocycles. The zero-order valence-electron chi connectivity index (χ0n) is 26.1. The van der Waals surface area contributed by atoms with Crippen molar-refractivity contribution in [2.24, 2.45) is 0 Å². The van der Waals surface area contributed by atoms with Crippen LogP contribution in [0.1, 0.15) is 37.6 Å². The fourth-order valence-corrected chi connectivity index (χ4v) is 7.32. The van der Waals surface area contributed by atoms with Crippen LogP contribution in [0, 0.1) is 13.8 Å². The van der Waals surface area contributed by atoms with Crippen molar-refractivity contribution in [3.63, 3.8) is 0 Å². The highest BCUT2D eigenvalue weighted by molar-refractivity contribution is 9.10. The molecule has 0 fully saturated rings. The molecule has 0 aliphatic carbocycles. The van der Waals surface area contributed by atoms with Gasteiger partial charge in [-0.05, 0) is 86.9 Å². The summed E-state index contributed by atoms with van der Waals surface area (Å²) >= 11 is 3.21. The lowest BCUT2D eigenvalue weighted by Crippen LogP contribution is -2.25. The Morgan fingerprint density at radius 3 is 1.64 bits per heavy atom. The zero-order valence-corrected chi connectivity index (χ0v) is 29.3. The number of esters is 1. The number of benzene rings is 2. The minimum Gasteiger partial charge on any atom is -0.460 e. The minimum atomic E-state index is -3.78. The molecule has 6 aromatic rings. The lowest BCUT2D eigenvalue weighted by atomic mass is 10.2. The molecule has 4 heterocycles. The normalized spacial score (nSPS) is 12.1. The van der Waals surface area contributed by atoms with Crippen LogP contribution in [0.2, 0.25) is 0 Å². The fourth-order valence-electron chi connectivity index (χ4n) is 4.44. The van der Waals surface area contributed by atoms with Crippen molar-refractivity contribution in [1.29, 1.82) is 0 Å². The Morgan fingerprint density at radius 2 is 1.17 bits per heavy atom. The van der Waals surface area contributed by atoms with Crippen LogP contribution < -0.4 is 0 Å². The van der Waals surface area contributed by atoms with E-state index in [2.05, 4.69) is 35.9 Å². The summed E-state index contributed by atoms with van der Waals surface area (Å²) in [6, 6.07) is 16.5. The zero-order chi connectivity index (χ0) is 34.1. The third-order valence-corrected chi connectivity index (χ3v) is 10.4. The first-order chi connectivity index (χ1) is 22.0. The van der Waals surface area contributed by atoms with E-state index in [-0.39, 0.29) is 21.9 Å². The topological polar surface area (TPSA) is 156 Å². The van der Waals surface area contributed by atoms with Gasteiger partial charge in [-0.3, -0.25) is 4.79 Å². The lowest BCUT2D eigenvalue weighted by molar-refractivity contribution is -0.154. The first-order valence-electron chi connectivity index (χ1n) is 14.2. The van der Waals surface area contributed by atoms with E-state index < -0.39 is 31.6 Å². The van der Waals surface area contributed by atoms with Crippen molar-refractivity contribution >= 4 is 64.3 Å². The predicted molar refractivity (Wildman–Crippen MR) is 180 cm³/mol. The maximum Gasteiger partial charge on any atom is 0.312 e. The first kappa shape index (κ1) is 33.9. The number of hydrogen-bond donors (Lipinski definition) is 0. The maximum atomic E-state index is 12.9. The van der Waals surface area contributed by atoms with Crippen LogP contribution >= 0.6 is 15.9 Å². The number of fused-ring (bicyclic) bond motifs is 2. The molecule has 0 saturated heterocycles. The van der Waals surface area contributed by atoms with E-state index in [9.17, 15) is 21.6 Å². The van der Waals surface area contributed by atoms with E-state index in [1.54, 1.807) is 81.4 Å². The monoisotopic (exact) mass is 738 g/mol. The van der Waals surface area contributed by atoms with Crippen molar-refractivity contribution in [3.8, 4) is 0 Å². The standard InChI is InChI=1S/C19H21N3O4S.C13H10BrN3O2S/c1-13-5-7-15(8-6-13)27(24,25)22-10-9-16-18(22)20-12-14(21-16)11-17(23)26-19(2,3)4;1-9-2-4-10(5-3-9)20(18,19)17-7-6-11-13(17)15-8-12(14)16-11/h5-10,12H,11H2,1-4H3;2-8H,1H3. The summed E-state index contributed by atoms with van der Waals surface area (Å²) in [4.78, 5) is 29.2. The number of carbonyl (C=O) groups is 1. The average Bonchev–Trinajstić information content (AvgIpc) is 3.61. The second-order valence-electron chi connectivity index (χ2n) is 11.6. The Kier molecular flexibility index (Phi) is 9.35. The van der Waals surface area contributed by atoms with Crippen molar-refractivity contribution in [2.45, 2.75) is 56.4 Å². The molecule has 0 N–H and O–H groups in total. The molecule has 244 valence electrons. The van der Waals surface area contributed by atoms with Gasteiger partial charge in [-0.25, -0.2) is 44.7 Å². The van der Waals surface area contributed by atoms with Crippen molar-refractivity contribution < 1.29 is 26.4 Å². The van der Waals surface area contributed by atoms with Crippen molar-refractivity contribution in [3.05, 3.63) is 107 Å². The third kappa shape index (κ3) is 7.58. The van der Waals surface area contributed by atoms with E-state index in [1.807, 2.05) is 13.8 Å². The Hall–Kier alpha value is -4.47. The van der Waals surface area contributed by atoms with E-state index in [1.165, 1.54) is 24.8 Å². The van der Waals surface area contributed by atoms with Crippen LogP contribution in [0.25, 0.3) is 22.3 Å². The molecule has 0 atom stereocenters. The molecule has 0 amide bonds. The summed E-state index contributed by atoms with van der Waals surface area (Å²) in [6.07, 6.45) is 5.72. The maximum absolute atomic E-state index is 12.9. The van der Waals surface area contributed by atoms with Crippen LogP contribution in [0.3, 0.4) is 0 Å². The van der Waals surface area contributed by atoms with Crippen LogP contribution in [0.15, 0.2) is 99.8 Å². The van der Waals surface area contributed by atoms with Crippen LogP contribution in [-0.2, 0) is 36.0 Å². The number of ether oxygens (including phenoxy) is 1. The second-order valence-corrected chi connectivity index (χ2v) is 16.0. The molecule has 4 aromatic heterocycles. The molecule has 0 saturated carbocycles. The third-order valence-electron chi connectivity index (χ3n) is 6.63. The summed E-state index contributed by atoms with van der Waals surface area (Å²) in [5.74, 6) is -0.414. The highest BCUT2D eigenvalue weighted by atomic mass is 79.9. The SMILES string of the molecule is Cc1ccc(S(=O)(=O)n2ccc3nc(Br)cnc32)cc1.Cc1ccc(S(=O)(=O)n2ccc3nc(CC(=O)OC(C)(C)C)cnc32)cc1. The van der Waals surface area contributed by atoms with Gasteiger partial charge < -0.3 is 4.74 Å². The lowest BCUT2D eigenvalue weighted by Gasteiger charge is -2.19. The van der Waals surface area contributed by atoms with E-state index in [0.29, 0.717) is 27.0 Å². The summed E-state index contributed by atoms with van der Waals surface area (Å²) in [5.41, 5.74) is 3.25. The second kappa shape index (κ2) is 13.0. The number of halogens is 1. The minimum absolute atomic E-state index is 0.0316. The Bertz CT molecular complexity index is 2310. The molecule has 0 unspecified atom stereocenters. The number of rotatable bonds is 6. The van der Waals surface area contributed by atoms with Gasteiger partial charge in [0, 0.05) is 12.4 Å². The Labute approximate surface area is 280 Å². The molecule has 0 bridgehead atoms. The summed E-state index contributed by atoms with van der Waals surface area (Å²) in [6.45, 7) is 9.16. The van der Waals surface area contributed by atoms with Gasteiger partial charge in [0.05, 0.1) is 34.3 Å². The molecule has 12 nitrogen and oxygen atoms in total. The van der Waals surface area contributed by atoms with Gasteiger partial charge >= 0.3 is 5.97 Å². The van der Waals surface area contributed by atoms with Crippen LogP contribution in [0.4, 0.5) is 0 Å². The molecular formula is C32H31BrN6O6S2. The number of aryl methyl sites for hydroxylation is 2. The van der Waals surface area contributed by atoms with Gasteiger partial charge in [0.25, 0.3) is 20.0 Å². The van der Waals surface area contributed by atoms with Crippen LogP contribution in [0.5, 0.6) is 0 Å². The summed E-state index contributed by atoms with van der Waals surface area (Å²) < 4.78 is 59.0. The van der Waals surface area contributed by atoms with Gasteiger partial charge in [-0.1, -0.05) is 35.4 Å². The smallest absolute Gasteiger partial charge is 0.312 e. The molecule has 0 aliphatic rings. The fraction of sp³-hybridized carbons (Fsp3) is 0.219. The number of nitrogens with zero attached hydrogens (tertiary/aromatic N) is 6.